The molecule has 224 valence electrons. The molecular formula is C21H20N6O11S4. The van der Waals surface area contributed by atoms with E-state index in [0.717, 1.165) is 23.8 Å². The van der Waals surface area contributed by atoms with E-state index in [-0.39, 0.29) is 16.3 Å². The Morgan fingerprint density at radius 3 is 2.12 bits per heavy atom. The van der Waals surface area contributed by atoms with Crippen molar-refractivity contribution in [3.05, 3.63) is 54.1 Å². The van der Waals surface area contributed by atoms with Crippen LogP contribution in [0.25, 0.3) is 0 Å². The van der Waals surface area contributed by atoms with E-state index in [1.54, 1.807) is 24.3 Å². The van der Waals surface area contributed by atoms with Crippen molar-refractivity contribution in [3.8, 4) is 0 Å². The van der Waals surface area contributed by atoms with Crippen LogP contribution in [0.3, 0.4) is 0 Å². The third-order valence-electron chi connectivity index (χ3n) is 4.86. The van der Waals surface area contributed by atoms with E-state index in [1.165, 1.54) is 6.07 Å². The largest absolute Gasteiger partial charge is 0.396 e. The smallest absolute Gasteiger partial charge is 0.330 e. The minimum Gasteiger partial charge on any atom is -0.396 e. The van der Waals surface area contributed by atoms with Crippen molar-refractivity contribution in [2.24, 2.45) is 20.5 Å². The number of hydrogen-bond donors (Lipinski definition) is 5. The molecule has 21 heteroatoms. The number of rotatable bonds is 12. The number of anilines is 2. The summed E-state index contributed by atoms with van der Waals surface area (Å²) in [5.74, 6) is -1.24. The first-order chi connectivity index (χ1) is 19.7. The lowest BCUT2D eigenvalue weighted by atomic mass is 10.2. The molecule has 3 aromatic carbocycles. The van der Waals surface area contributed by atoms with Crippen molar-refractivity contribution < 1.29 is 49.5 Å². The molecule has 0 unspecified atom stereocenters. The molecule has 3 rings (SSSR count). The van der Waals surface area contributed by atoms with Crippen LogP contribution in [0.4, 0.5) is 34.1 Å². The summed E-state index contributed by atoms with van der Waals surface area (Å²) >= 11 is 0.845. The molecule has 0 bridgehead atoms. The summed E-state index contributed by atoms with van der Waals surface area (Å²) in [6, 6.07) is 10.8. The van der Waals surface area contributed by atoms with Crippen LogP contribution >= 0.6 is 24.1 Å². The summed E-state index contributed by atoms with van der Waals surface area (Å²) in [5, 5.41) is 26.8. The molecule has 0 atom stereocenters. The van der Waals surface area contributed by atoms with Crippen LogP contribution in [-0.4, -0.2) is 42.9 Å². The van der Waals surface area contributed by atoms with Gasteiger partial charge in [0.15, 0.2) is 0 Å². The number of nitrogen functional groups attached to an aromatic ring is 2. The average Bonchev–Trinajstić information content (AvgIpc) is 2.91. The number of carbonyl (C=O) groups excluding carboxylic acids is 1. The van der Waals surface area contributed by atoms with Crippen LogP contribution in [-0.2, 0) is 38.6 Å². The number of aryl methyl sites for hydroxylation is 1. The van der Waals surface area contributed by atoms with E-state index in [9.17, 15) is 30.7 Å². The fraction of sp³-hybridized carbons (Fsp3) is 0.0952. The van der Waals surface area contributed by atoms with Gasteiger partial charge in [0.25, 0.3) is 20.2 Å². The van der Waals surface area contributed by atoms with Crippen molar-refractivity contribution in [2.45, 2.75) is 21.6 Å². The summed E-state index contributed by atoms with van der Waals surface area (Å²) in [4.78, 5) is 10.1. The number of hydrogen-bond acceptors (Lipinski definition) is 17. The van der Waals surface area contributed by atoms with Crippen molar-refractivity contribution in [1.29, 1.82) is 0 Å². The van der Waals surface area contributed by atoms with Gasteiger partial charge in [-0.1, -0.05) is 22.7 Å². The second-order valence-corrected chi connectivity index (χ2v) is 12.1. The summed E-state index contributed by atoms with van der Waals surface area (Å²) < 4.78 is 76.2. The molecule has 3 aromatic rings. The molecule has 42 heavy (non-hydrogen) atoms. The van der Waals surface area contributed by atoms with Crippen molar-refractivity contribution in [2.75, 3.05) is 17.2 Å². The Balaban J connectivity index is 2.00. The van der Waals surface area contributed by atoms with Gasteiger partial charge in [-0.2, -0.15) is 21.9 Å². The van der Waals surface area contributed by atoms with Gasteiger partial charge in [0, 0.05) is 16.9 Å². The SMILES string of the molecule is Cc1ccc(N=Nc2c(N)c(N=Nc3ccc(SOC(=O)CSOOO)cc3S(=O)(=O)O)cc(S(=O)(=O)O)c2N)cc1. The fourth-order valence-corrected chi connectivity index (χ4v) is 5.16. The lowest BCUT2D eigenvalue weighted by Gasteiger charge is -2.10. The van der Waals surface area contributed by atoms with Gasteiger partial charge in [0.1, 0.15) is 32.6 Å². The lowest BCUT2D eigenvalue weighted by Crippen LogP contribution is -2.05. The highest BCUT2D eigenvalue weighted by atomic mass is 32.2. The Morgan fingerprint density at radius 2 is 1.50 bits per heavy atom. The summed E-state index contributed by atoms with van der Waals surface area (Å²) in [5.41, 5.74) is 11.3. The monoisotopic (exact) mass is 660 g/mol. The fourth-order valence-electron chi connectivity index (χ4n) is 2.94. The zero-order valence-electron chi connectivity index (χ0n) is 21.0. The molecule has 0 aliphatic heterocycles. The van der Waals surface area contributed by atoms with Gasteiger partial charge in [-0.3, -0.25) is 13.9 Å². The second kappa shape index (κ2) is 14.0. The van der Waals surface area contributed by atoms with E-state index in [2.05, 4.69) is 29.8 Å². The Labute approximate surface area is 246 Å². The Hall–Kier alpha value is -3.67. The van der Waals surface area contributed by atoms with Gasteiger partial charge in [0.05, 0.1) is 29.1 Å². The number of benzene rings is 3. The molecule has 0 amide bonds. The number of carbonyl (C=O) groups is 1. The maximum atomic E-state index is 12.0. The molecule has 0 radical (unpaired) electrons. The van der Waals surface area contributed by atoms with Gasteiger partial charge >= 0.3 is 5.97 Å². The molecule has 0 aromatic heterocycles. The topological polar surface area (TPSA) is 275 Å². The molecule has 7 N–H and O–H groups in total. The number of azo groups is 2. The predicted octanol–water partition coefficient (Wildman–Crippen LogP) is 5.10. The molecule has 0 spiro atoms. The first-order valence-corrected chi connectivity index (χ1v) is 15.4. The maximum absolute atomic E-state index is 12.0. The minimum atomic E-state index is -4.92. The molecule has 17 nitrogen and oxygen atoms in total. The summed E-state index contributed by atoms with van der Waals surface area (Å²) in [7, 11) is -9.83. The highest BCUT2D eigenvalue weighted by molar-refractivity contribution is 7.96. The zero-order chi connectivity index (χ0) is 31.1. The normalized spacial score (nSPS) is 12.3. The van der Waals surface area contributed by atoms with Gasteiger partial charge in [-0.25, -0.2) is 5.26 Å². The summed E-state index contributed by atoms with van der Waals surface area (Å²) in [6.45, 7) is 1.85. The zero-order valence-corrected chi connectivity index (χ0v) is 24.3. The quantitative estimate of drug-likeness (QED) is 0.0321. The van der Waals surface area contributed by atoms with Crippen LogP contribution in [0.2, 0.25) is 0 Å². The van der Waals surface area contributed by atoms with Crippen molar-refractivity contribution in [1.82, 2.24) is 0 Å². The molecule has 0 heterocycles. The Morgan fingerprint density at radius 1 is 0.857 bits per heavy atom. The van der Waals surface area contributed by atoms with E-state index in [4.69, 9.17) is 20.9 Å². The number of nitrogens with two attached hydrogens (primary N) is 2. The van der Waals surface area contributed by atoms with Crippen molar-refractivity contribution in [3.63, 3.8) is 0 Å². The number of nitrogens with zero attached hydrogens (tertiary/aromatic N) is 4. The van der Waals surface area contributed by atoms with E-state index in [1.807, 2.05) is 6.92 Å². The lowest BCUT2D eigenvalue weighted by molar-refractivity contribution is -0.432. The highest BCUT2D eigenvalue weighted by Gasteiger charge is 2.23. The Bertz CT molecular complexity index is 1750. The minimum absolute atomic E-state index is 0.0405. The Kier molecular flexibility index (Phi) is 10.9. The summed E-state index contributed by atoms with van der Waals surface area (Å²) in [6.07, 6.45) is 0. The first-order valence-electron chi connectivity index (χ1n) is 10.9. The van der Waals surface area contributed by atoms with Crippen molar-refractivity contribution >= 4 is 84.4 Å². The molecular weight excluding hydrogens is 641 g/mol. The highest BCUT2D eigenvalue weighted by Crippen LogP contribution is 2.43. The third kappa shape index (κ3) is 8.91. The van der Waals surface area contributed by atoms with E-state index in [0.29, 0.717) is 29.8 Å². The van der Waals surface area contributed by atoms with Crippen LogP contribution in [0.1, 0.15) is 5.56 Å². The van der Waals surface area contributed by atoms with Gasteiger partial charge < -0.3 is 15.7 Å². The first kappa shape index (κ1) is 32.8. The average molecular weight is 661 g/mol. The van der Waals surface area contributed by atoms with Gasteiger partial charge in [-0.05, 0) is 43.3 Å². The predicted molar refractivity (Wildman–Crippen MR) is 150 cm³/mol. The molecule has 0 aliphatic rings. The molecule has 0 saturated heterocycles. The van der Waals surface area contributed by atoms with Crippen LogP contribution in [0.5, 0.6) is 0 Å². The molecule has 0 aliphatic carbocycles. The van der Waals surface area contributed by atoms with E-state index >= 15 is 0 Å². The van der Waals surface area contributed by atoms with Crippen LogP contribution < -0.4 is 11.5 Å². The second-order valence-electron chi connectivity index (χ2n) is 7.83. The molecule has 0 saturated carbocycles. The van der Waals surface area contributed by atoms with Gasteiger partial charge in [-0.15, -0.1) is 19.7 Å². The maximum Gasteiger partial charge on any atom is 0.330 e. The van der Waals surface area contributed by atoms with E-state index < -0.39 is 58.8 Å². The van der Waals surface area contributed by atoms with Crippen LogP contribution in [0.15, 0.2) is 83.7 Å². The van der Waals surface area contributed by atoms with Gasteiger partial charge in [0.2, 0.25) is 0 Å². The third-order valence-corrected chi connectivity index (χ3v) is 7.86. The standard InChI is InChI=1S/C21H20N6O11S4/c1-11-2-4-12(5-3-11)24-27-21-19(22)15(9-17(20(21)23)42(33,34)35)26-25-14-7-6-13(8-16(14)41(30,31)32)40-36-18(28)10-39-38-37-29/h2-9,29H,10,22-23H2,1H3,(H,30,31,32)(H,33,34,35). The van der Waals surface area contributed by atoms with Crippen LogP contribution in [0, 0.1) is 6.92 Å². The molecule has 0 fully saturated rings.